The van der Waals surface area contributed by atoms with Crippen molar-refractivity contribution in [1.29, 1.82) is 0 Å². The molecule has 0 radical (unpaired) electrons. The molecule has 3 nitrogen and oxygen atoms in total. The number of esters is 1. The molecule has 0 bridgehead atoms. The summed E-state index contributed by atoms with van der Waals surface area (Å²) in [4.78, 5) is 22.5. The number of carbonyl (C=O) groups excluding carboxylic acids is 2. The molecule has 0 aromatic rings. The van der Waals surface area contributed by atoms with E-state index in [0.717, 1.165) is 12.0 Å². The van der Waals surface area contributed by atoms with Crippen LogP contribution in [0.25, 0.3) is 0 Å². The average molecular weight is 210 g/mol. The van der Waals surface area contributed by atoms with E-state index in [1.54, 1.807) is 0 Å². The highest BCUT2D eigenvalue weighted by molar-refractivity contribution is 5.97. The molecule has 84 valence electrons. The summed E-state index contributed by atoms with van der Waals surface area (Å²) in [5, 5.41) is 0. The maximum absolute atomic E-state index is 11.8. The van der Waals surface area contributed by atoms with Gasteiger partial charge in [0.1, 0.15) is 6.61 Å². The van der Waals surface area contributed by atoms with E-state index in [4.69, 9.17) is 4.74 Å². The Bertz CT molecular complexity index is 324. The van der Waals surface area contributed by atoms with Gasteiger partial charge in [-0.3, -0.25) is 9.59 Å². The first kappa shape index (κ1) is 12.0. The van der Waals surface area contributed by atoms with Crippen molar-refractivity contribution >= 4 is 11.8 Å². The number of allylic oxidation sites excluding steroid dienone is 1. The molecule has 0 aromatic carbocycles. The molecular formula is C12H18O3. The van der Waals surface area contributed by atoms with Gasteiger partial charge in [-0.15, -0.1) is 0 Å². The molecule has 0 fully saturated rings. The van der Waals surface area contributed by atoms with Gasteiger partial charge in [-0.1, -0.05) is 19.4 Å². The summed E-state index contributed by atoms with van der Waals surface area (Å²) in [5.41, 5.74) is 1.78. The minimum absolute atomic E-state index is 0.0425. The third-order valence-corrected chi connectivity index (χ3v) is 2.65. The number of ether oxygens (including phenoxy) is 1. The molecule has 1 rings (SSSR count). The van der Waals surface area contributed by atoms with Crippen molar-refractivity contribution in [1.82, 2.24) is 0 Å². The quantitative estimate of drug-likeness (QED) is 0.656. The van der Waals surface area contributed by atoms with Crippen LogP contribution in [0.15, 0.2) is 11.1 Å². The molecule has 0 amide bonds. The Kier molecular flexibility index (Phi) is 3.32. The predicted octanol–water partition coefficient (Wildman–Crippen LogP) is 2.26. The van der Waals surface area contributed by atoms with Gasteiger partial charge < -0.3 is 4.74 Å². The fourth-order valence-corrected chi connectivity index (χ4v) is 2.04. The second-order valence-corrected chi connectivity index (χ2v) is 4.98. The summed E-state index contributed by atoms with van der Waals surface area (Å²) >= 11 is 0. The zero-order valence-electron chi connectivity index (χ0n) is 9.85. The zero-order chi connectivity index (χ0) is 11.6. The van der Waals surface area contributed by atoms with E-state index in [1.807, 2.05) is 6.92 Å². The summed E-state index contributed by atoms with van der Waals surface area (Å²) in [6, 6.07) is 0. The molecule has 0 spiro atoms. The van der Waals surface area contributed by atoms with Gasteiger partial charge in [0.15, 0.2) is 5.78 Å². The second kappa shape index (κ2) is 4.17. The topological polar surface area (TPSA) is 43.4 Å². The fraction of sp³-hybridized carbons (Fsp3) is 0.667. The van der Waals surface area contributed by atoms with Crippen molar-refractivity contribution in [2.75, 3.05) is 6.61 Å². The Morgan fingerprint density at radius 2 is 2.00 bits per heavy atom. The Hall–Kier alpha value is -1.12. The van der Waals surface area contributed by atoms with Crippen molar-refractivity contribution in [3.63, 3.8) is 0 Å². The highest BCUT2D eigenvalue weighted by atomic mass is 16.5. The fourth-order valence-electron chi connectivity index (χ4n) is 2.04. The Balaban J connectivity index is 2.78. The standard InChI is InChI=1S/C12H18O3/c1-8-5-12(3,4)6-11(14)10(8)7-15-9(2)13/h5-7H2,1-4H3. The lowest BCUT2D eigenvalue weighted by molar-refractivity contribution is -0.140. The molecule has 0 aliphatic heterocycles. The first-order valence-electron chi connectivity index (χ1n) is 5.17. The first-order valence-corrected chi connectivity index (χ1v) is 5.17. The molecule has 3 heteroatoms. The molecule has 0 atom stereocenters. The van der Waals surface area contributed by atoms with Crippen LogP contribution in [-0.4, -0.2) is 18.4 Å². The van der Waals surface area contributed by atoms with Crippen LogP contribution in [-0.2, 0) is 14.3 Å². The van der Waals surface area contributed by atoms with Gasteiger partial charge in [0.05, 0.1) is 0 Å². The summed E-state index contributed by atoms with van der Waals surface area (Å²) in [6.45, 7) is 7.59. The van der Waals surface area contributed by atoms with E-state index in [-0.39, 0.29) is 23.8 Å². The van der Waals surface area contributed by atoms with Crippen LogP contribution in [0, 0.1) is 5.41 Å². The normalized spacial score (nSPS) is 20.4. The summed E-state index contributed by atoms with van der Waals surface area (Å²) in [6.07, 6.45) is 1.44. The van der Waals surface area contributed by atoms with Gasteiger partial charge in [0, 0.05) is 18.9 Å². The van der Waals surface area contributed by atoms with Crippen LogP contribution < -0.4 is 0 Å². The van der Waals surface area contributed by atoms with Gasteiger partial charge in [0.25, 0.3) is 0 Å². The van der Waals surface area contributed by atoms with Crippen LogP contribution in [0.4, 0.5) is 0 Å². The van der Waals surface area contributed by atoms with Crippen LogP contribution in [0.2, 0.25) is 0 Å². The first-order chi connectivity index (χ1) is 6.82. The van der Waals surface area contributed by atoms with Crippen molar-refractivity contribution in [2.45, 2.75) is 40.5 Å². The highest BCUT2D eigenvalue weighted by Crippen LogP contribution is 2.36. The number of hydrogen-bond acceptors (Lipinski definition) is 3. The zero-order valence-corrected chi connectivity index (χ0v) is 9.85. The molecule has 1 aliphatic rings. The third kappa shape index (κ3) is 3.18. The maximum atomic E-state index is 11.8. The molecular weight excluding hydrogens is 192 g/mol. The number of carbonyl (C=O) groups is 2. The lowest BCUT2D eigenvalue weighted by Gasteiger charge is -2.30. The van der Waals surface area contributed by atoms with Crippen LogP contribution in [0.1, 0.15) is 40.5 Å². The van der Waals surface area contributed by atoms with Gasteiger partial charge in [-0.25, -0.2) is 0 Å². The Morgan fingerprint density at radius 3 is 2.47 bits per heavy atom. The Morgan fingerprint density at radius 1 is 1.40 bits per heavy atom. The highest BCUT2D eigenvalue weighted by Gasteiger charge is 2.31. The SMILES string of the molecule is CC(=O)OCC1=C(C)CC(C)(C)CC1=O. The molecule has 0 unspecified atom stereocenters. The smallest absolute Gasteiger partial charge is 0.302 e. The molecule has 0 saturated heterocycles. The van der Waals surface area contributed by atoms with E-state index in [9.17, 15) is 9.59 Å². The molecule has 1 aliphatic carbocycles. The van der Waals surface area contributed by atoms with Crippen LogP contribution in [0.3, 0.4) is 0 Å². The van der Waals surface area contributed by atoms with Gasteiger partial charge in [-0.05, 0) is 18.8 Å². The number of hydrogen-bond donors (Lipinski definition) is 0. The summed E-state index contributed by atoms with van der Waals surface area (Å²) < 4.78 is 4.87. The summed E-state index contributed by atoms with van der Waals surface area (Å²) in [5.74, 6) is -0.224. The second-order valence-electron chi connectivity index (χ2n) is 4.98. The number of ketones is 1. The third-order valence-electron chi connectivity index (χ3n) is 2.65. The minimum atomic E-state index is -0.340. The largest absolute Gasteiger partial charge is 0.461 e. The Labute approximate surface area is 90.5 Å². The average Bonchev–Trinajstić information content (AvgIpc) is 1.98. The number of rotatable bonds is 2. The predicted molar refractivity (Wildman–Crippen MR) is 57.4 cm³/mol. The van der Waals surface area contributed by atoms with E-state index >= 15 is 0 Å². The molecule has 15 heavy (non-hydrogen) atoms. The van der Waals surface area contributed by atoms with Gasteiger partial charge >= 0.3 is 5.97 Å². The van der Waals surface area contributed by atoms with E-state index in [1.165, 1.54) is 6.92 Å². The molecule has 0 N–H and O–H groups in total. The van der Waals surface area contributed by atoms with Crippen molar-refractivity contribution in [3.05, 3.63) is 11.1 Å². The van der Waals surface area contributed by atoms with Crippen molar-refractivity contribution in [3.8, 4) is 0 Å². The van der Waals surface area contributed by atoms with E-state index in [2.05, 4.69) is 13.8 Å². The summed E-state index contributed by atoms with van der Waals surface area (Å²) in [7, 11) is 0. The van der Waals surface area contributed by atoms with Crippen LogP contribution >= 0.6 is 0 Å². The molecule has 0 heterocycles. The van der Waals surface area contributed by atoms with Gasteiger partial charge in [-0.2, -0.15) is 0 Å². The van der Waals surface area contributed by atoms with Crippen molar-refractivity contribution < 1.29 is 14.3 Å². The molecule has 0 aromatic heterocycles. The lowest BCUT2D eigenvalue weighted by Crippen LogP contribution is -2.27. The lowest BCUT2D eigenvalue weighted by atomic mass is 9.74. The van der Waals surface area contributed by atoms with Crippen LogP contribution in [0.5, 0.6) is 0 Å². The maximum Gasteiger partial charge on any atom is 0.302 e. The van der Waals surface area contributed by atoms with Gasteiger partial charge in [0.2, 0.25) is 0 Å². The molecule has 0 saturated carbocycles. The minimum Gasteiger partial charge on any atom is -0.461 e. The van der Waals surface area contributed by atoms with E-state index in [0.29, 0.717) is 12.0 Å². The van der Waals surface area contributed by atoms with Crippen molar-refractivity contribution in [2.24, 2.45) is 5.41 Å². The number of Topliss-reactive ketones (excluding diaryl/α,β-unsaturated/α-hetero) is 1. The monoisotopic (exact) mass is 210 g/mol. The van der Waals surface area contributed by atoms with E-state index < -0.39 is 0 Å².